The number of aliphatic imine (C=N–C) groups is 3. The minimum Gasteiger partial charge on any atom is -0.291 e. The number of hydrogen-bond acceptors (Lipinski definition) is 4. The van der Waals surface area contributed by atoms with Gasteiger partial charge in [-0.05, 0) is 19.4 Å². The Morgan fingerprint density at radius 3 is 2.26 bits per heavy atom. The number of hydroxylamine groups is 1. The molecule has 19 heavy (non-hydrogen) atoms. The molecule has 5 heteroatoms. The molecule has 1 aromatic rings. The summed E-state index contributed by atoms with van der Waals surface area (Å²) in [6.45, 7) is 4.33. The largest absolute Gasteiger partial charge is 0.291 e. The number of nitrogens with zero attached hydrogens (tertiary/aromatic N) is 3. The van der Waals surface area contributed by atoms with Gasteiger partial charge in [0, 0.05) is 14.1 Å². The van der Waals surface area contributed by atoms with E-state index in [0.29, 0.717) is 23.8 Å². The highest BCUT2D eigenvalue weighted by molar-refractivity contribution is 6.67. The van der Waals surface area contributed by atoms with Gasteiger partial charge < -0.3 is 0 Å². The first-order valence-corrected chi connectivity index (χ1v) is 6.03. The molecule has 2 N–H and O–H groups in total. The zero-order valence-corrected chi connectivity index (χ0v) is 11.8. The molecule has 0 amide bonds. The molecule has 0 fully saturated rings. The maximum Gasteiger partial charge on any atom is 0.172 e. The average Bonchev–Trinajstić information content (AvgIpc) is 2.44. The second kappa shape index (κ2) is 7.43. The Balaban J connectivity index is 2.91. The van der Waals surface area contributed by atoms with Crippen LogP contribution in [0.1, 0.15) is 18.1 Å². The third-order valence-corrected chi connectivity index (χ3v) is 2.77. The molecule has 1 rings (SSSR count). The normalized spacial score (nSPS) is 13.6. The summed E-state index contributed by atoms with van der Waals surface area (Å²) in [6, 6.07) is 8.09. The van der Waals surface area contributed by atoms with Crippen LogP contribution >= 0.6 is 0 Å². The SMILES string of the molecule is CN=C(C)C(=NC)C(=NCc1ccc(C)cc1)NO. The van der Waals surface area contributed by atoms with E-state index in [-0.39, 0.29) is 0 Å². The molecule has 0 saturated carbocycles. The Bertz CT molecular complexity index is 501. The van der Waals surface area contributed by atoms with Crippen LogP contribution in [-0.2, 0) is 6.54 Å². The molecule has 0 atom stereocenters. The summed E-state index contributed by atoms with van der Waals surface area (Å²) < 4.78 is 0. The second-order valence-corrected chi connectivity index (χ2v) is 4.14. The van der Waals surface area contributed by atoms with Gasteiger partial charge in [-0.25, -0.2) is 0 Å². The summed E-state index contributed by atoms with van der Waals surface area (Å²) in [5.74, 6) is 0.325. The van der Waals surface area contributed by atoms with E-state index in [2.05, 4.69) is 20.5 Å². The van der Waals surface area contributed by atoms with E-state index in [1.54, 1.807) is 14.1 Å². The van der Waals surface area contributed by atoms with Gasteiger partial charge in [0.05, 0.1) is 12.3 Å². The van der Waals surface area contributed by atoms with Gasteiger partial charge in [-0.1, -0.05) is 29.8 Å². The minimum atomic E-state index is 0.325. The molecule has 0 aromatic heterocycles. The summed E-state index contributed by atoms with van der Waals surface area (Å²) in [7, 11) is 3.32. The van der Waals surface area contributed by atoms with Gasteiger partial charge in [-0.2, -0.15) is 0 Å². The fourth-order valence-corrected chi connectivity index (χ4v) is 1.57. The van der Waals surface area contributed by atoms with E-state index in [9.17, 15) is 5.21 Å². The van der Waals surface area contributed by atoms with Crippen molar-refractivity contribution in [1.29, 1.82) is 0 Å². The Labute approximate surface area is 113 Å². The van der Waals surface area contributed by atoms with Crippen LogP contribution in [0.5, 0.6) is 0 Å². The van der Waals surface area contributed by atoms with Crippen molar-refractivity contribution in [1.82, 2.24) is 5.48 Å². The van der Waals surface area contributed by atoms with E-state index in [0.717, 1.165) is 5.56 Å². The molecular weight excluding hydrogens is 240 g/mol. The zero-order valence-electron chi connectivity index (χ0n) is 11.8. The monoisotopic (exact) mass is 260 g/mol. The van der Waals surface area contributed by atoms with E-state index in [1.165, 1.54) is 5.56 Å². The molecule has 0 aliphatic carbocycles. The molecule has 0 heterocycles. The van der Waals surface area contributed by atoms with Crippen molar-refractivity contribution in [2.75, 3.05) is 14.1 Å². The lowest BCUT2D eigenvalue weighted by molar-refractivity contribution is 0.236. The first-order chi connectivity index (χ1) is 9.12. The van der Waals surface area contributed by atoms with Crippen LogP contribution in [0.3, 0.4) is 0 Å². The van der Waals surface area contributed by atoms with Crippen LogP contribution in [0, 0.1) is 6.92 Å². The van der Waals surface area contributed by atoms with Gasteiger partial charge in [-0.15, -0.1) is 0 Å². The second-order valence-electron chi connectivity index (χ2n) is 4.14. The number of amidine groups is 1. The van der Waals surface area contributed by atoms with Crippen LogP contribution < -0.4 is 5.48 Å². The molecule has 0 bridgehead atoms. The van der Waals surface area contributed by atoms with Crippen molar-refractivity contribution in [2.45, 2.75) is 20.4 Å². The van der Waals surface area contributed by atoms with Gasteiger partial charge in [0.1, 0.15) is 5.71 Å². The van der Waals surface area contributed by atoms with Crippen molar-refractivity contribution < 1.29 is 5.21 Å². The van der Waals surface area contributed by atoms with E-state index in [4.69, 9.17) is 0 Å². The minimum absolute atomic E-state index is 0.325. The van der Waals surface area contributed by atoms with Gasteiger partial charge in [0.2, 0.25) is 0 Å². The first-order valence-electron chi connectivity index (χ1n) is 6.03. The standard InChI is InChI=1S/C14H20N4O/c1-10-5-7-12(8-6-10)9-17-14(18-19)13(16-4)11(2)15-3/h5-8,19H,9H2,1-4H3,(H,17,18). The van der Waals surface area contributed by atoms with E-state index >= 15 is 0 Å². The Morgan fingerprint density at radius 1 is 1.16 bits per heavy atom. The lowest BCUT2D eigenvalue weighted by Crippen LogP contribution is -2.33. The Hall–Kier alpha value is -2.01. The van der Waals surface area contributed by atoms with E-state index < -0.39 is 0 Å². The van der Waals surface area contributed by atoms with Gasteiger partial charge in [-0.3, -0.25) is 25.7 Å². The third kappa shape index (κ3) is 4.30. The van der Waals surface area contributed by atoms with Crippen LogP contribution in [0.2, 0.25) is 0 Å². The predicted molar refractivity (Wildman–Crippen MR) is 79.6 cm³/mol. The average molecular weight is 260 g/mol. The fourth-order valence-electron chi connectivity index (χ4n) is 1.57. The molecule has 0 aliphatic rings. The van der Waals surface area contributed by atoms with Crippen LogP contribution in [-0.4, -0.2) is 36.6 Å². The molecule has 0 spiro atoms. The highest BCUT2D eigenvalue weighted by atomic mass is 16.5. The molecular formula is C14H20N4O. The van der Waals surface area contributed by atoms with Crippen molar-refractivity contribution >= 4 is 17.3 Å². The maximum atomic E-state index is 9.18. The van der Waals surface area contributed by atoms with Crippen molar-refractivity contribution in [3.05, 3.63) is 35.4 Å². The number of hydrogen-bond donors (Lipinski definition) is 2. The zero-order chi connectivity index (χ0) is 14.3. The van der Waals surface area contributed by atoms with Gasteiger partial charge in [0.25, 0.3) is 0 Å². The topological polar surface area (TPSA) is 69.3 Å². The molecule has 0 radical (unpaired) electrons. The molecule has 0 unspecified atom stereocenters. The quantitative estimate of drug-likeness (QED) is 0.494. The summed E-state index contributed by atoms with van der Waals surface area (Å²) in [5.41, 5.74) is 5.63. The number of rotatable bonds is 4. The summed E-state index contributed by atoms with van der Waals surface area (Å²) in [5, 5.41) is 9.18. The van der Waals surface area contributed by atoms with Crippen molar-refractivity contribution in [3.8, 4) is 0 Å². The fraction of sp³-hybridized carbons (Fsp3) is 0.357. The summed E-state index contributed by atoms with van der Waals surface area (Å²) in [4.78, 5) is 12.5. The molecule has 102 valence electrons. The van der Waals surface area contributed by atoms with Crippen LogP contribution in [0.4, 0.5) is 0 Å². The number of aryl methyl sites for hydroxylation is 1. The molecule has 0 aliphatic heterocycles. The summed E-state index contributed by atoms with van der Waals surface area (Å²) >= 11 is 0. The molecule has 1 aromatic carbocycles. The highest BCUT2D eigenvalue weighted by Crippen LogP contribution is 2.04. The predicted octanol–water partition coefficient (Wildman–Crippen LogP) is 2.03. The van der Waals surface area contributed by atoms with Crippen molar-refractivity contribution in [3.63, 3.8) is 0 Å². The smallest absolute Gasteiger partial charge is 0.172 e. The maximum absolute atomic E-state index is 9.18. The van der Waals surface area contributed by atoms with Gasteiger partial charge in [0.15, 0.2) is 5.84 Å². The number of nitrogens with one attached hydrogen (secondary N) is 1. The van der Waals surface area contributed by atoms with Crippen LogP contribution in [0.25, 0.3) is 0 Å². The van der Waals surface area contributed by atoms with E-state index in [1.807, 2.05) is 38.1 Å². The number of benzene rings is 1. The Kier molecular flexibility index (Phi) is 5.89. The third-order valence-electron chi connectivity index (χ3n) is 2.77. The molecule has 5 nitrogen and oxygen atoms in total. The lowest BCUT2D eigenvalue weighted by atomic mass is 10.1. The highest BCUT2D eigenvalue weighted by Gasteiger charge is 2.10. The first kappa shape index (κ1) is 15.0. The Morgan fingerprint density at radius 2 is 1.79 bits per heavy atom. The summed E-state index contributed by atoms with van der Waals surface area (Å²) in [6.07, 6.45) is 0. The van der Waals surface area contributed by atoms with Crippen molar-refractivity contribution in [2.24, 2.45) is 15.0 Å². The lowest BCUT2D eigenvalue weighted by Gasteiger charge is -2.08. The van der Waals surface area contributed by atoms with Crippen LogP contribution in [0.15, 0.2) is 39.2 Å². The van der Waals surface area contributed by atoms with Gasteiger partial charge >= 0.3 is 0 Å². The molecule has 0 saturated heterocycles.